The van der Waals surface area contributed by atoms with Crippen molar-refractivity contribution in [1.29, 1.82) is 0 Å². The molecule has 0 fully saturated rings. The van der Waals surface area contributed by atoms with Gasteiger partial charge < -0.3 is 4.74 Å². The second-order valence-electron chi connectivity index (χ2n) is 7.16. The van der Waals surface area contributed by atoms with E-state index in [1.54, 1.807) is 42.6 Å². The van der Waals surface area contributed by atoms with E-state index in [-0.39, 0.29) is 28.2 Å². The van der Waals surface area contributed by atoms with E-state index in [0.29, 0.717) is 33.0 Å². The van der Waals surface area contributed by atoms with Crippen LogP contribution >= 0.6 is 34.7 Å². The molecule has 0 aliphatic rings. The fraction of sp³-hybridized carbons (Fsp3) is 0.174. The van der Waals surface area contributed by atoms with Crippen molar-refractivity contribution >= 4 is 51.5 Å². The fourth-order valence-electron chi connectivity index (χ4n) is 2.88. The normalized spacial score (nSPS) is 10.8. The number of ether oxygens (including phenoxy) is 1. The zero-order valence-corrected chi connectivity index (χ0v) is 20.8. The predicted molar refractivity (Wildman–Crippen MR) is 134 cm³/mol. The molecule has 1 amide bonds. The summed E-state index contributed by atoms with van der Waals surface area (Å²) in [6, 6.07) is 12.4. The van der Waals surface area contributed by atoms with Gasteiger partial charge in [0.25, 0.3) is 5.91 Å². The van der Waals surface area contributed by atoms with E-state index in [2.05, 4.69) is 20.6 Å². The number of benzene rings is 2. The van der Waals surface area contributed by atoms with E-state index >= 15 is 0 Å². The van der Waals surface area contributed by atoms with E-state index in [4.69, 9.17) is 16.3 Å². The molecule has 0 radical (unpaired) electrons. The summed E-state index contributed by atoms with van der Waals surface area (Å²) in [5.74, 6) is -0.512. The highest BCUT2D eigenvalue weighted by Crippen LogP contribution is 2.28. The van der Waals surface area contributed by atoms with Crippen LogP contribution in [-0.2, 0) is 0 Å². The highest BCUT2D eigenvalue weighted by Gasteiger charge is 2.21. The number of rotatable bonds is 10. The average Bonchev–Trinajstić information content (AvgIpc) is 3.49. The van der Waals surface area contributed by atoms with Gasteiger partial charge in [-0.1, -0.05) is 41.6 Å². The second-order valence-corrected chi connectivity index (χ2v) is 9.79. The summed E-state index contributed by atoms with van der Waals surface area (Å²) in [6.45, 7) is 2.35. The molecule has 180 valence electrons. The molecular formula is C23H19ClFN5O3S2. The molecule has 1 N–H and O–H groups in total. The van der Waals surface area contributed by atoms with Gasteiger partial charge in [0.05, 0.1) is 24.2 Å². The summed E-state index contributed by atoms with van der Waals surface area (Å²) in [4.78, 5) is 25.3. The summed E-state index contributed by atoms with van der Waals surface area (Å²) in [5.41, 5.74) is 1.19. The van der Waals surface area contributed by atoms with Crippen molar-refractivity contribution in [3.63, 3.8) is 0 Å². The standard InChI is InChI=1S/C23H19ClFN5O3S2/c1-2-11-33-19-12-30(17-9-7-16(25)8-10-17)29-20(19)21(32)26-22-27-28-23(35-22)34-13-18(31)14-3-5-15(24)6-4-14/h3-10,12H,2,11,13H2,1H3,(H,26,27,32). The minimum absolute atomic E-state index is 0.0603. The Bertz CT molecular complexity index is 1330. The molecule has 4 rings (SSSR count). The number of hydrogen-bond donors (Lipinski definition) is 1. The van der Waals surface area contributed by atoms with Gasteiger partial charge in [0, 0.05) is 10.6 Å². The Kier molecular flexibility index (Phi) is 8.11. The van der Waals surface area contributed by atoms with Crippen molar-refractivity contribution in [2.45, 2.75) is 17.7 Å². The number of amides is 1. The molecular weight excluding hydrogens is 513 g/mol. The molecule has 0 aliphatic carbocycles. The van der Waals surface area contributed by atoms with Crippen molar-refractivity contribution in [1.82, 2.24) is 20.0 Å². The molecule has 35 heavy (non-hydrogen) atoms. The van der Waals surface area contributed by atoms with Crippen molar-refractivity contribution in [2.75, 3.05) is 17.7 Å². The van der Waals surface area contributed by atoms with Crippen LogP contribution in [0.4, 0.5) is 9.52 Å². The highest BCUT2D eigenvalue weighted by molar-refractivity contribution is 8.01. The lowest BCUT2D eigenvalue weighted by Gasteiger charge is -2.03. The van der Waals surface area contributed by atoms with Gasteiger partial charge in [-0.15, -0.1) is 10.2 Å². The van der Waals surface area contributed by atoms with E-state index < -0.39 is 5.91 Å². The topological polar surface area (TPSA) is 99.0 Å². The zero-order chi connectivity index (χ0) is 24.8. The van der Waals surface area contributed by atoms with E-state index in [1.807, 2.05) is 6.92 Å². The molecule has 0 saturated carbocycles. The molecule has 0 saturated heterocycles. The highest BCUT2D eigenvalue weighted by atomic mass is 35.5. The molecule has 0 atom stereocenters. The number of aromatic nitrogens is 4. The number of hydrogen-bond acceptors (Lipinski definition) is 8. The van der Waals surface area contributed by atoms with Gasteiger partial charge in [0.15, 0.2) is 21.6 Å². The average molecular weight is 532 g/mol. The largest absolute Gasteiger partial charge is 0.489 e. The van der Waals surface area contributed by atoms with Crippen molar-refractivity contribution in [2.24, 2.45) is 0 Å². The number of nitrogens with zero attached hydrogens (tertiary/aromatic N) is 4. The number of nitrogens with one attached hydrogen (secondary N) is 1. The summed E-state index contributed by atoms with van der Waals surface area (Å²) in [5, 5.41) is 15.8. The Balaban J connectivity index is 1.43. The van der Waals surface area contributed by atoms with Crippen LogP contribution in [0.2, 0.25) is 5.02 Å². The number of carbonyl (C=O) groups excluding carboxylic acids is 2. The van der Waals surface area contributed by atoms with Crippen LogP contribution in [0, 0.1) is 5.82 Å². The van der Waals surface area contributed by atoms with E-state index in [1.165, 1.54) is 28.6 Å². The molecule has 8 nitrogen and oxygen atoms in total. The maximum Gasteiger partial charge on any atom is 0.281 e. The van der Waals surface area contributed by atoms with Crippen LogP contribution in [0.25, 0.3) is 5.69 Å². The first-order valence-corrected chi connectivity index (χ1v) is 12.7. The Morgan fingerprint density at radius 3 is 2.60 bits per heavy atom. The number of ketones is 1. The lowest BCUT2D eigenvalue weighted by atomic mass is 10.1. The van der Waals surface area contributed by atoms with Crippen LogP contribution in [-0.4, -0.2) is 44.0 Å². The van der Waals surface area contributed by atoms with Crippen molar-refractivity contribution < 1.29 is 18.7 Å². The fourth-order valence-corrected chi connectivity index (χ4v) is 4.65. The molecule has 12 heteroatoms. The Morgan fingerprint density at radius 2 is 1.89 bits per heavy atom. The van der Waals surface area contributed by atoms with Gasteiger partial charge in [0.1, 0.15) is 5.82 Å². The molecule has 2 heterocycles. The quantitative estimate of drug-likeness (QED) is 0.163. The molecule has 0 spiro atoms. The first kappa shape index (κ1) is 24.8. The third kappa shape index (κ3) is 6.44. The minimum Gasteiger partial charge on any atom is -0.489 e. The number of thioether (sulfide) groups is 1. The molecule has 0 bridgehead atoms. The zero-order valence-electron chi connectivity index (χ0n) is 18.4. The first-order valence-electron chi connectivity index (χ1n) is 10.5. The van der Waals surface area contributed by atoms with E-state index in [0.717, 1.165) is 17.8 Å². The lowest BCUT2D eigenvalue weighted by molar-refractivity contribution is 0.101. The third-order valence-corrected chi connectivity index (χ3v) is 6.79. The minimum atomic E-state index is -0.526. The monoisotopic (exact) mass is 531 g/mol. The summed E-state index contributed by atoms with van der Waals surface area (Å²) >= 11 is 8.22. The van der Waals surface area contributed by atoms with Crippen molar-refractivity contribution in [3.05, 3.63) is 76.8 Å². The smallest absolute Gasteiger partial charge is 0.281 e. The number of anilines is 1. The van der Waals surface area contributed by atoms with Crippen LogP contribution in [0.5, 0.6) is 5.75 Å². The predicted octanol–water partition coefficient (Wildman–Crippen LogP) is 5.53. The summed E-state index contributed by atoms with van der Waals surface area (Å²) in [6.07, 6.45) is 2.32. The van der Waals surface area contributed by atoms with Gasteiger partial charge in [-0.2, -0.15) is 5.10 Å². The van der Waals surface area contributed by atoms with Crippen LogP contribution in [0.15, 0.2) is 59.1 Å². The Labute approximate surface area is 213 Å². The molecule has 0 aliphatic heterocycles. The van der Waals surface area contributed by atoms with Gasteiger partial charge in [-0.05, 0) is 55.0 Å². The summed E-state index contributed by atoms with van der Waals surface area (Å²) in [7, 11) is 0. The maximum absolute atomic E-state index is 13.3. The molecule has 0 unspecified atom stereocenters. The maximum atomic E-state index is 13.3. The summed E-state index contributed by atoms with van der Waals surface area (Å²) < 4.78 is 20.9. The first-order chi connectivity index (χ1) is 16.9. The van der Waals surface area contributed by atoms with E-state index in [9.17, 15) is 14.0 Å². The van der Waals surface area contributed by atoms with Gasteiger partial charge in [0.2, 0.25) is 5.13 Å². The molecule has 2 aromatic carbocycles. The van der Waals surface area contributed by atoms with Crippen LogP contribution in [0.1, 0.15) is 34.2 Å². The third-order valence-electron chi connectivity index (χ3n) is 4.57. The van der Waals surface area contributed by atoms with Gasteiger partial charge in [-0.25, -0.2) is 9.07 Å². The lowest BCUT2D eigenvalue weighted by Crippen LogP contribution is -2.14. The van der Waals surface area contributed by atoms with Crippen LogP contribution < -0.4 is 10.1 Å². The van der Waals surface area contributed by atoms with Crippen LogP contribution in [0.3, 0.4) is 0 Å². The number of Topliss-reactive ketones (excluding diaryl/α,β-unsaturated/α-hetero) is 1. The van der Waals surface area contributed by atoms with Gasteiger partial charge >= 0.3 is 0 Å². The van der Waals surface area contributed by atoms with Crippen molar-refractivity contribution in [3.8, 4) is 11.4 Å². The second kappa shape index (κ2) is 11.4. The Morgan fingerprint density at radius 1 is 1.14 bits per heavy atom. The number of halogens is 2. The molecule has 4 aromatic rings. The van der Waals surface area contributed by atoms with Gasteiger partial charge in [-0.3, -0.25) is 14.9 Å². The molecule has 2 aromatic heterocycles. The SMILES string of the molecule is CCCOc1cn(-c2ccc(F)cc2)nc1C(=O)Nc1nnc(SCC(=O)c2ccc(Cl)cc2)s1. The Hall–Kier alpha value is -3.28. The number of carbonyl (C=O) groups is 2.